The molecule has 0 aromatic carbocycles. The SMILES string of the molecule is CC(N)COc1cnn(Cc2cncs2)c(=O)c1. The molecule has 6 nitrogen and oxygen atoms in total. The molecule has 0 bridgehead atoms. The number of nitrogens with zero attached hydrogens (tertiary/aromatic N) is 3. The van der Waals surface area contributed by atoms with E-state index in [0.717, 1.165) is 4.88 Å². The Hall–Kier alpha value is -1.73. The minimum Gasteiger partial charge on any atom is -0.490 e. The molecule has 0 fully saturated rings. The Morgan fingerprint density at radius 2 is 2.39 bits per heavy atom. The van der Waals surface area contributed by atoms with Crippen LogP contribution in [0.2, 0.25) is 0 Å². The van der Waals surface area contributed by atoms with Gasteiger partial charge in [-0.3, -0.25) is 9.78 Å². The number of aromatic nitrogens is 3. The molecule has 0 radical (unpaired) electrons. The number of ether oxygens (including phenoxy) is 1. The van der Waals surface area contributed by atoms with Crippen LogP contribution < -0.4 is 16.0 Å². The Kier molecular flexibility index (Phi) is 4.06. The lowest BCUT2D eigenvalue weighted by Gasteiger charge is -2.08. The first-order chi connectivity index (χ1) is 8.65. The second-order valence-corrected chi connectivity index (χ2v) is 4.91. The second kappa shape index (κ2) is 5.74. The van der Waals surface area contributed by atoms with Gasteiger partial charge in [-0.05, 0) is 6.92 Å². The van der Waals surface area contributed by atoms with Gasteiger partial charge in [-0.1, -0.05) is 0 Å². The van der Waals surface area contributed by atoms with Crippen LogP contribution in [0.3, 0.4) is 0 Å². The summed E-state index contributed by atoms with van der Waals surface area (Å²) in [7, 11) is 0. The fourth-order valence-electron chi connectivity index (χ4n) is 1.31. The van der Waals surface area contributed by atoms with E-state index in [1.165, 1.54) is 28.3 Å². The van der Waals surface area contributed by atoms with Crippen molar-refractivity contribution in [2.45, 2.75) is 19.5 Å². The van der Waals surface area contributed by atoms with Crippen molar-refractivity contribution in [1.82, 2.24) is 14.8 Å². The number of rotatable bonds is 5. The summed E-state index contributed by atoms with van der Waals surface area (Å²) in [6, 6.07) is 1.33. The van der Waals surface area contributed by atoms with Gasteiger partial charge in [0.2, 0.25) is 0 Å². The molecule has 96 valence electrons. The monoisotopic (exact) mass is 266 g/mol. The Morgan fingerprint density at radius 3 is 3.00 bits per heavy atom. The zero-order chi connectivity index (χ0) is 13.0. The number of hydrogen-bond acceptors (Lipinski definition) is 6. The van der Waals surface area contributed by atoms with Crippen molar-refractivity contribution in [3.63, 3.8) is 0 Å². The van der Waals surface area contributed by atoms with Crippen molar-refractivity contribution >= 4 is 11.3 Å². The van der Waals surface area contributed by atoms with E-state index >= 15 is 0 Å². The molecule has 0 spiro atoms. The number of thiazole rings is 1. The fourth-order valence-corrected chi connectivity index (χ4v) is 1.89. The van der Waals surface area contributed by atoms with Crippen molar-refractivity contribution in [2.75, 3.05) is 6.61 Å². The third-order valence-corrected chi connectivity index (χ3v) is 2.91. The van der Waals surface area contributed by atoms with E-state index < -0.39 is 0 Å². The smallest absolute Gasteiger partial charge is 0.270 e. The molecule has 7 heteroatoms. The van der Waals surface area contributed by atoms with E-state index in [9.17, 15) is 4.79 Å². The molecule has 2 aromatic rings. The lowest BCUT2D eigenvalue weighted by molar-refractivity contribution is 0.293. The van der Waals surface area contributed by atoms with Crippen molar-refractivity contribution in [1.29, 1.82) is 0 Å². The van der Waals surface area contributed by atoms with Crippen molar-refractivity contribution in [3.8, 4) is 5.75 Å². The molecule has 2 rings (SSSR count). The van der Waals surface area contributed by atoms with Crippen molar-refractivity contribution in [3.05, 3.63) is 39.2 Å². The summed E-state index contributed by atoms with van der Waals surface area (Å²) in [4.78, 5) is 16.7. The second-order valence-electron chi connectivity index (χ2n) is 3.94. The fraction of sp³-hybridized carbons (Fsp3) is 0.364. The topological polar surface area (TPSA) is 83.0 Å². The van der Waals surface area contributed by atoms with Gasteiger partial charge in [-0.25, -0.2) is 4.68 Å². The van der Waals surface area contributed by atoms with Crippen LogP contribution in [-0.2, 0) is 6.54 Å². The molecule has 0 amide bonds. The van der Waals surface area contributed by atoms with E-state index in [-0.39, 0.29) is 11.6 Å². The van der Waals surface area contributed by atoms with Gasteiger partial charge in [0.05, 0.1) is 18.3 Å². The third-order valence-electron chi connectivity index (χ3n) is 2.15. The quantitative estimate of drug-likeness (QED) is 0.850. The molecule has 2 N–H and O–H groups in total. The lowest BCUT2D eigenvalue weighted by Crippen LogP contribution is -2.26. The van der Waals surface area contributed by atoms with Gasteiger partial charge >= 0.3 is 0 Å². The molecule has 2 aromatic heterocycles. The molecular formula is C11H14N4O2S. The van der Waals surface area contributed by atoms with Gasteiger partial charge in [-0.2, -0.15) is 5.10 Å². The van der Waals surface area contributed by atoms with Gasteiger partial charge in [-0.15, -0.1) is 11.3 Å². The Balaban J connectivity index is 2.08. The van der Waals surface area contributed by atoms with Crippen LogP contribution in [-0.4, -0.2) is 27.4 Å². The van der Waals surface area contributed by atoms with E-state index in [1.807, 2.05) is 6.92 Å². The first-order valence-electron chi connectivity index (χ1n) is 5.48. The summed E-state index contributed by atoms with van der Waals surface area (Å²) in [5.41, 5.74) is 7.08. The summed E-state index contributed by atoms with van der Waals surface area (Å²) in [5.74, 6) is 0.442. The average Bonchev–Trinajstić information content (AvgIpc) is 2.82. The first-order valence-corrected chi connectivity index (χ1v) is 6.36. The van der Waals surface area contributed by atoms with E-state index in [1.54, 1.807) is 11.7 Å². The van der Waals surface area contributed by atoms with Crippen molar-refractivity contribution < 1.29 is 4.74 Å². The van der Waals surface area contributed by atoms with Crippen LogP contribution in [0.25, 0.3) is 0 Å². The molecule has 2 heterocycles. The van der Waals surface area contributed by atoms with Crippen LogP contribution in [0, 0.1) is 0 Å². The minimum absolute atomic E-state index is 0.0791. The average molecular weight is 266 g/mol. The molecule has 18 heavy (non-hydrogen) atoms. The molecule has 0 aliphatic carbocycles. The Morgan fingerprint density at radius 1 is 1.56 bits per heavy atom. The largest absolute Gasteiger partial charge is 0.490 e. The normalized spacial score (nSPS) is 12.3. The lowest BCUT2D eigenvalue weighted by atomic mass is 10.4. The van der Waals surface area contributed by atoms with Crippen LogP contribution in [0.4, 0.5) is 0 Å². The summed E-state index contributed by atoms with van der Waals surface area (Å²) >= 11 is 1.49. The van der Waals surface area contributed by atoms with Crippen molar-refractivity contribution in [2.24, 2.45) is 5.73 Å². The van der Waals surface area contributed by atoms with Crippen LogP contribution >= 0.6 is 11.3 Å². The molecule has 1 unspecified atom stereocenters. The highest BCUT2D eigenvalue weighted by atomic mass is 32.1. The summed E-state index contributed by atoms with van der Waals surface area (Å²) in [5, 5.41) is 4.05. The van der Waals surface area contributed by atoms with Crippen LogP contribution in [0.1, 0.15) is 11.8 Å². The van der Waals surface area contributed by atoms with E-state index in [2.05, 4.69) is 10.1 Å². The van der Waals surface area contributed by atoms with Gasteiger partial charge in [0, 0.05) is 23.2 Å². The number of hydrogen-bond donors (Lipinski definition) is 1. The highest BCUT2D eigenvalue weighted by Gasteiger charge is 2.04. The molecule has 1 atom stereocenters. The third kappa shape index (κ3) is 3.38. The van der Waals surface area contributed by atoms with Gasteiger partial charge in [0.25, 0.3) is 5.56 Å². The zero-order valence-corrected chi connectivity index (χ0v) is 10.8. The van der Waals surface area contributed by atoms with Gasteiger partial charge in [0.1, 0.15) is 12.4 Å². The predicted octanol–water partition coefficient (Wildman–Crippen LogP) is 0.474. The summed E-state index contributed by atoms with van der Waals surface area (Å²) in [6.45, 7) is 2.62. The zero-order valence-electron chi connectivity index (χ0n) is 9.94. The summed E-state index contributed by atoms with van der Waals surface area (Å²) in [6.07, 6.45) is 3.24. The Bertz CT molecular complexity index is 550. The van der Waals surface area contributed by atoms with E-state index in [0.29, 0.717) is 18.9 Å². The molecular weight excluding hydrogens is 252 g/mol. The minimum atomic E-state index is -0.203. The number of nitrogens with two attached hydrogens (primary N) is 1. The maximum absolute atomic E-state index is 11.8. The molecule has 0 saturated heterocycles. The van der Waals surface area contributed by atoms with Crippen LogP contribution in [0.5, 0.6) is 5.75 Å². The Labute approximate surface area is 108 Å². The molecule has 0 aliphatic heterocycles. The standard InChI is InChI=1S/C11H14N4O2S/c1-8(12)6-17-9-2-11(16)15(14-3-9)5-10-4-13-7-18-10/h2-4,7-8H,5-6,12H2,1H3. The maximum Gasteiger partial charge on any atom is 0.270 e. The van der Waals surface area contributed by atoms with Gasteiger partial charge < -0.3 is 10.5 Å². The highest BCUT2D eigenvalue weighted by Crippen LogP contribution is 2.08. The predicted molar refractivity (Wildman–Crippen MR) is 68.9 cm³/mol. The highest BCUT2D eigenvalue weighted by molar-refractivity contribution is 7.09. The maximum atomic E-state index is 11.8. The molecule has 0 saturated carbocycles. The summed E-state index contributed by atoms with van der Waals surface area (Å²) < 4.78 is 6.70. The molecule has 0 aliphatic rings. The first kappa shape index (κ1) is 12.7. The van der Waals surface area contributed by atoms with Gasteiger partial charge in [0.15, 0.2) is 0 Å². The van der Waals surface area contributed by atoms with Crippen LogP contribution in [0.15, 0.2) is 28.8 Å². The van der Waals surface area contributed by atoms with E-state index in [4.69, 9.17) is 10.5 Å².